The molecule has 0 unspecified atom stereocenters. The summed E-state index contributed by atoms with van der Waals surface area (Å²) >= 11 is 1.57. The van der Waals surface area contributed by atoms with Crippen LogP contribution in [-0.2, 0) is 11.2 Å². The second kappa shape index (κ2) is 7.27. The molecule has 0 bridgehead atoms. The number of amides is 1. The highest BCUT2D eigenvalue weighted by atomic mass is 32.1. The molecule has 0 spiro atoms. The molecule has 3 rings (SSSR count). The largest absolute Gasteiger partial charge is 0.476 e. The first kappa shape index (κ1) is 16.2. The maximum Gasteiger partial charge on any atom is 0.237 e. The van der Waals surface area contributed by atoms with Gasteiger partial charge in [0.25, 0.3) is 0 Å². The van der Waals surface area contributed by atoms with E-state index in [-0.39, 0.29) is 12.3 Å². The van der Waals surface area contributed by atoms with Crippen LogP contribution in [0, 0.1) is 6.92 Å². The molecule has 3 aromatic rings. The second-order valence-corrected chi connectivity index (χ2v) is 5.83. The summed E-state index contributed by atoms with van der Waals surface area (Å²) in [6.07, 6.45) is 1.75. The molecule has 0 fully saturated rings. The van der Waals surface area contributed by atoms with E-state index in [9.17, 15) is 4.79 Å². The van der Waals surface area contributed by atoms with E-state index in [1.165, 1.54) is 0 Å². The fraction of sp³-hybridized carbons (Fsp3) is 0.235. The number of hydrogen-bond acceptors (Lipinski definition) is 6. The number of aromatic nitrogens is 2. The van der Waals surface area contributed by atoms with E-state index in [0.29, 0.717) is 35.5 Å². The van der Waals surface area contributed by atoms with Crippen molar-refractivity contribution < 1.29 is 13.9 Å². The fourth-order valence-corrected chi connectivity index (χ4v) is 2.82. The lowest BCUT2D eigenvalue weighted by Gasteiger charge is -2.09. The molecule has 0 saturated heterocycles. The average Bonchev–Trinajstić information content (AvgIpc) is 3.20. The average molecular weight is 343 g/mol. The molecule has 0 aromatic carbocycles. The molecule has 7 heteroatoms. The Morgan fingerprint density at radius 1 is 1.42 bits per heavy atom. The summed E-state index contributed by atoms with van der Waals surface area (Å²) in [5.74, 6) is 1.39. The molecular formula is C17H17N3O3S. The molecule has 124 valence electrons. The van der Waals surface area contributed by atoms with Crippen molar-refractivity contribution in [2.24, 2.45) is 0 Å². The Bertz CT molecular complexity index is 827. The highest BCUT2D eigenvalue weighted by Gasteiger charge is 2.16. The predicted octanol–water partition coefficient (Wildman–Crippen LogP) is 3.69. The minimum atomic E-state index is -0.197. The predicted molar refractivity (Wildman–Crippen MR) is 92.3 cm³/mol. The lowest BCUT2D eigenvalue weighted by Crippen LogP contribution is -2.16. The molecular weight excluding hydrogens is 326 g/mol. The summed E-state index contributed by atoms with van der Waals surface area (Å²) < 4.78 is 11.1. The van der Waals surface area contributed by atoms with Crippen molar-refractivity contribution in [2.45, 2.75) is 20.3 Å². The Hall–Kier alpha value is -2.67. The molecule has 0 radical (unpaired) electrons. The summed E-state index contributed by atoms with van der Waals surface area (Å²) in [6, 6.07) is 5.43. The van der Waals surface area contributed by atoms with Gasteiger partial charge in [-0.2, -0.15) is 11.3 Å². The smallest absolute Gasteiger partial charge is 0.237 e. The maximum absolute atomic E-state index is 12.3. The van der Waals surface area contributed by atoms with Crippen LogP contribution >= 0.6 is 11.3 Å². The van der Waals surface area contributed by atoms with Gasteiger partial charge in [0.1, 0.15) is 11.4 Å². The molecule has 0 atom stereocenters. The normalized spacial score (nSPS) is 10.6. The van der Waals surface area contributed by atoms with Gasteiger partial charge in [0.05, 0.1) is 18.7 Å². The Kier molecular flexibility index (Phi) is 4.90. The third kappa shape index (κ3) is 3.62. The summed E-state index contributed by atoms with van der Waals surface area (Å²) in [5.41, 5.74) is 2.08. The standard InChI is InChI=1S/C17H17N3O3S/c1-3-22-17-13(5-4-7-18-17)19-15(21)9-14-11(2)23-16(20-14)12-6-8-24-10-12/h4-8,10H,3,9H2,1-2H3,(H,19,21). The summed E-state index contributed by atoms with van der Waals surface area (Å²) in [4.78, 5) is 20.9. The number of aryl methyl sites for hydroxylation is 1. The molecule has 6 nitrogen and oxygen atoms in total. The molecule has 3 aromatic heterocycles. The number of carbonyl (C=O) groups is 1. The number of anilines is 1. The Labute approximate surface area is 143 Å². The van der Waals surface area contributed by atoms with E-state index >= 15 is 0 Å². The minimum Gasteiger partial charge on any atom is -0.476 e. The number of oxazole rings is 1. The van der Waals surface area contributed by atoms with Crippen LogP contribution in [-0.4, -0.2) is 22.5 Å². The van der Waals surface area contributed by atoms with Crippen molar-refractivity contribution in [3.63, 3.8) is 0 Å². The van der Waals surface area contributed by atoms with Crippen LogP contribution in [0.3, 0.4) is 0 Å². The van der Waals surface area contributed by atoms with Crippen molar-refractivity contribution in [1.82, 2.24) is 9.97 Å². The summed E-state index contributed by atoms with van der Waals surface area (Å²) in [5, 5.41) is 6.72. The Morgan fingerprint density at radius 3 is 3.04 bits per heavy atom. The van der Waals surface area contributed by atoms with Gasteiger partial charge in [-0.1, -0.05) is 0 Å². The topological polar surface area (TPSA) is 77.2 Å². The van der Waals surface area contributed by atoms with Crippen LogP contribution < -0.4 is 10.1 Å². The van der Waals surface area contributed by atoms with Crippen LogP contribution in [0.1, 0.15) is 18.4 Å². The van der Waals surface area contributed by atoms with Crippen LogP contribution in [0.5, 0.6) is 5.88 Å². The van der Waals surface area contributed by atoms with Crippen LogP contribution in [0.25, 0.3) is 11.5 Å². The Balaban J connectivity index is 1.72. The van der Waals surface area contributed by atoms with E-state index in [0.717, 1.165) is 5.56 Å². The number of rotatable bonds is 6. The number of thiophene rings is 1. The molecule has 0 aliphatic rings. The van der Waals surface area contributed by atoms with Crippen LogP contribution in [0.2, 0.25) is 0 Å². The second-order valence-electron chi connectivity index (χ2n) is 5.05. The number of carbonyl (C=O) groups excluding carboxylic acids is 1. The van der Waals surface area contributed by atoms with Gasteiger partial charge in [-0.15, -0.1) is 0 Å². The molecule has 0 saturated carbocycles. The van der Waals surface area contributed by atoms with Crippen molar-refractivity contribution in [3.8, 4) is 17.3 Å². The van der Waals surface area contributed by atoms with Gasteiger partial charge in [-0.3, -0.25) is 4.79 Å². The van der Waals surface area contributed by atoms with Crippen molar-refractivity contribution in [3.05, 3.63) is 46.6 Å². The van der Waals surface area contributed by atoms with Crippen molar-refractivity contribution in [1.29, 1.82) is 0 Å². The van der Waals surface area contributed by atoms with Gasteiger partial charge in [-0.25, -0.2) is 9.97 Å². The van der Waals surface area contributed by atoms with E-state index < -0.39 is 0 Å². The lowest BCUT2D eigenvalue weighted by atomic mass is 10.2. The number of nitrogens with one attached hydrogen (secondary N) is 1. The van der Waals surface area contributed by atoms with Gasteiger partial charge >= 0.3 is 0 Å². The highest BCUT2D eigenvalue weighted by molar-refractivity contribution is 7.08. The van der Waals surface area contributed by atoms with E-state index in [2.05, 4.69) is 15.3 Å². The first-order valence-corrected chi connectivity index (χ1v) is 8.48. The fourth-order valence-electron chi connectivity index (χ4n) is 2.19. The van der Waals surface area contributed by atoms with Crippen LogP contribution in [0.4, 0.5) is 5.69 Å². The lowest BCUT2D eigenvalue weighted by molar-refractivity contribution is -0.115. The van der Waals surface area contributed by atoms with Gasteiger partial charge in [0.15, 0.2) is 0 Å². The molecule has 1 N–H and O–H groups in total. The number of hydrogen-bond donors (Lipinski definition) is 1. The molecule has 1 amide bonds. The van der Waals surface area contributed by atoms with Gasteiger partial charge in [0.2, 0.25) is 17.7 Å². The SMILES string of the molecule is CCOc1ncccc1NC(=O)Cc1nc(-c2ccsc2)oc1C. The van der Waals surface area contributed by atoms with Gasteiger partial charge in [0, 0.05) is 17.1 Å². The van der Waals surface area contributed by atoms with Crippen molar-refractivity contribution >= 4 is 22.9 Å². The third-order valence-corrected chi connectivity index (χ3v) is 4.00. The zero-order valence-corrected chi connectivity index (χ0v) is 14.2. The Morgan fingerprint density at radius 2 is 2.29 bits per heavy atom. The van der Waals surface area contributed by atoms with Gasteiger partial charge in [-0.05, 0) is 37.4 Å². The third-order valence-electron chi connectivity index (χ3n) is 3.32. The number of ether oxygens (including phenoxy) is 1. The maximum atomic E-state index is 12.3. The van der Waals surface area contributed by atoms with E-state index in [1.807, 2.05) is 23.8 Å². The van der Waals surface area contributed by atoms with E-state index in [4.69, 9.17) is 9.15 Å². The van der Waals surface area contributed by atoms with Crippen molar-refractivity contribution in [2.75, 3.05) is 11.9 Å². The summed E-state index contributed by atoms with van der Waals surface area (Å²) in [7, 11) is 0. The molecule has 0 aliphatic carbocycles. The quantitative estimate of drug-likeness (QED) is 0.738. The zero-order chi connectivity index (χ0) is 16.9. The minimum absolute atomic E-state index is 0.125. The molecule has 24 heavy (non-hydrogen) atoms. The number of pyridine rings is 1. The van der Waals surface area contributed by atoms with Crippen LogP contribution in [0.15, 0.2) is 39.6 Å². The summed E-state index contributed by atoms with van der Waals surface area (Å²) in [6.45, 7) is 4.15. The monoisotopic (exact) mass is 343 g/mol. The first-order valence-electron chi connectivity index (χ1n) is 7.54. The number of nitrogens with zero attached hydrogens (tertiary/aromatic N) is 2. The van der Waals surface area contributed by atoms with E-state index in [1.54, 1.807) is 36.6 Å². The first-order chi connectivity index (χ1) is 11.7. The molecule has 0 aliphatic heterocycles. The molecule has 3 heterocycles. The zero-order valence-electron chi connectivity index (χ0n) is 13.4. The van der Waals surface area contributed by atoms with Gasteiger partial charge < -0.3 is 14.5 Å². The highest BCUT2D eigenvalue weighted by Crippen LogP contribution is 2.25.